The summed E-state index contributed by atoms with van der Waals surface area (Å²) in [5.41, 5.74) is 2.76. The SMILES string of the molecule is COc1ccc(C(C)C)c(N2CCCSC2=NC(=O)NC(F)C(F)c2ccc(-c3ncn(-c4ccc(OC(F)(F)F)cc4)n3)cc2)c1. The van der Waals surface area contributed by atoms with Gasteiger partial charge in [-0.3, -0.25) is 0 Å². The van der Waals surface area contributed by atoms with E-state index in [0.29, 0.717) is 28.7 Å². The average molecular weight is 675 g/mol. The topological polar surface area (TPSA) is 93.9 Å². The second kappa shape index (κ2) is 14.4. The highest BCUT2D eigenvalue weighted by Crippen LogP contribution is 2.35. The van der Waals surface area contributed by atoms with E-state index in [0.717, 1.165) is 35.6 Å². The highest BCUT2D eigenvalue weighted by atomic mass is 32.2. The number of alkyl halides is 5. The van der Waals surface area contributed by atoms with Gasteiger partial charge in [0, 0.05) is 29.6 Å². The Labute approximate surface area is 271 Å². The van der Waals surface area contributed by atoms with Crippen LogP contribution in [0.15, 0.2) is 78.0 Å². The Morgan fingerprint density at radius 2 is 1.72 bits per heavy atom. The molecule has 1 aliphatic rings. The van der Waals surface area contributed by atoms with E-state index in [-0.39, 0.29) is 23.1 Å². The number of aliphatic imine (C=N–C) groups is 1. The zero-order valence-electron chi connectivity index (χ0n) is 25.5. The van der Waals surface area contributed by atoms with Gasteiger partial charge < -0.3 is 19.7 Å². The molecule has 1 aromatic heterocycles. The highest BCUT2D eigenvalue weighted by Gasteiger charge is 2.31. The molecule has 1 fully saturated rings. The van der Waals surface area contributed by atoms with Crippen LogP contribution < -0.4 is 19.7 Å². The lowest BCUT2D eigenvalue weighted by molar-refractivity contribution is -0.274. The molecule has 2 unspecified atom stereocenters. The highest BCUT2D eigenvalue weighted by molar-refractivity contribution is 8.14. The number of anilines is 1. The van der Waals surface area contributed by atoms with Crippen LogP contribution in [0.2, 0.25) is 0 Å². The van der Waals surface area contributed by atoms with Crippen molar-refractivity contribution in [3.63, 3.8) is 0 Å². The van der Waals surface area contributed by atoms with Gasteiger partial charge in [0.05, 0.1) is 12.8 Å². The van der Waals surface area contributed by atoms with Gasteiger partial charge in [-0.15, -0.1) is 18.3 Å². The fourth-order valence-corrected chi connectivity index (χ4v) is 5.81. The molecule has 47 heavy (non-hydrogen) atoms. The Kier molecular flexibility index (Phi) is 10.3. The summed E-state index contributed by atoms with van der Waals surface area (Å²) in [4.78, 5) is 23.0. The molecule has 1 aliphatic heterocycles. The van der Waals surface area contributed by atoms with Crippen LogP contribution in [0.3, 0.4) is 0 Å². The number of hydrogen-bond acceptors (Lipinski definition) is 6. The van der Waals surface area contributed by atoms with E-state index in [1.165, 1.54) is 59.2 Å². The Morgan fingerprint density at radius 1 is 1.02 bits per heavy atom. The number of aromatic nitrogens is 3. The molecule has 2 atom stereocenters. The first-order valence-corrected chi connectivity index (χ1v) is 15.5. The number of nitrogens with zero attached hydrogens (tertiary/aromatic N) is 5. The second-order valence-electron chi connectivity index (χ2n) is 10.8. The van der Waals surface area contributed by atoms with E-state index in [1.807, 2.05) is 28.4 Å². The van der Waals surface area contributed by atoms with E-state index >= 15 is 4.39 Å². The fourth-order valence-electron chi connectivity index (χ4n) is 4.86. The maximum atomic E-state index is 15.1. The molecule has 0 aliphatic carbocycles. The summed E-state index contributed by atoms with van der Waals surface area (Å²) < 4.78 is 78.0. The van der Waals surface area contributed by atoms with Crippen molar-refractivity contribution in [2.75, 3.05) is 24.3 Å². The molecular formula is C32H31F5N6O3S. The molecule has 0 spiro atoms. The van der Waals surface area contributed by atoms with Gasteiger partial charge in [0.25, 0.3) is 0 Å². The predicted molar refractivity (Wildman–Crippen MR) is 170 cm³/mol. The molecule has 0 bridgehead atoms. The summed E-state index contributed by atoms with van der Waals surface area (Å²) in [6, 6.07) is 15.4. The van der Waals surface area contributed by atoms with E-state index in [4.69, 9.17) is 4.74 Å². The molecule has 15 heteroatoms. The van der Waals surface area contributed by atoms with E-state index < -0.39 is 24.9 Å². The molecule has 4 aromatic rings. The van der Waals surface area contributed by atoms with Gasteiger partial charge in [0.1, 0.15) is 17.8 Å². The Balaban J connectivity index is 1.24. The first kappa shape index (κ1) is 33.7. The zero-order chi connectivity index (χ0) is 33.7. The van der Waals surface area contributed by atoms with Gasteiger partial charge in [0.2, 0.25) is 6.30 Å². The number of halogens is 5. The molecule has 1 N–H and O–H groups in total. The van der Waals surface area contributed by atoms with Crippen molar-refractivity contribution in [1.29, 1.82) is 0 Å². The second-order valence-corrected chi connectivity index (χ2v) is 11.8. The van der Waals surface area contributed by atoms with Crippen LogP contribution >= 0.6 is 11.8 Å². The number of rotatable bonds is 9. The Bertz CT molecular complexity index is 1710. The van der Waals surface area contributed by atoms with Crippen LogP contribution in [0, 0.1) is 0 Å². The molecular weight excluding hydrogens is 643 g/mol. The standard InChI is InChI=1S/C32H31F5N6O3S/c1-19(2)25-14-13-24(45-3)17-26(25)42-15-4-16-47-31(42)40-30(44)39-28(34)27(33)20-5-7-21(8-6-20)29-38-18-43(41-29)22-9-11-23(12-10-22)46-32(35,36)37/h5-14,17-19,27-28H,4,15-16H2,1-3H3,(H,39,44). The lowest BCUT2D eigenvalue weighted by Crippen LogP contribution is -2.38. The van der Waals surface area contributed by atoms with Gasteiger partial charge in [-0.1, -0.05) is 55.9 Å². The maximum absolute atomic E-state index is 15.1. The smallest absolute Gasteiger partial charge is 0.497 e. The van der Waals surface area contributed by atoms with Gasteiger partial charge in [-0.2, -0.15) is 4.99 Å². The molecule has 2 amide bonds. The van der Waals surface area contributed by atoms with Crippen molar-refractivity contribution >= 4 is 28.6 Å². The third-order valence-corrected chi connectivity index (χ3v) is 8.23. The van der Waals surface area contributed by atoms with Crippen LogP contribution in [0.25, 0.3) is 17.1 Å². The number of amides is 2. The number of benzene rings is 3. The Hall–Kier alpha value is -4.66. The third-order valence-electron chi connectivity index (χ3n) is 7.17. The van der Waals surface area contributed by atoms with E-state index in [2.05, 4.69) is 33.7 Å². The summed E-state index contributed by atoms with van der Waals surface area (Å²) >= 11 is 1.36. The summed E-state index contributed by atoms with van der Waals surface area (Å²) in [7, 11) is 1.57. The maximum Gasteiger partial charge on any atom is 0.573 e. The van der Waals surface area contributed by atoms with Crippen molar-refractivity contribution in [1.82, 2.24) is 20.1 Å². The molecule has 5 rings (SSSR count). The minimum absolute atomic E-state index is 0.0273. The monoisotopic (exact) mass is 674 g/mol. The van der Waals surface area contributed by atoms with Gasteiger partial charge in [-0.05, 0) is 53.8 Å². The van der Waals surface area contributed by atoms with Gasteiger partial charge in [-0.25, -0.2) is 23.2 Å². The molecule has 0 saturated carbocycles. The summed E-state index contributed by atoms with van der Waals surface area (Å²) in [5, 5.41) is 6.69. The van der Waals surface area contributed by atoms with E-state index in [1.54, 1.807) is 7.11 Å². The number of hydrogen-bond donors (Lipinski definition) is 1. The minimum Gasteiger partial charge on any atom is -0.497 e. The number of methoxy groups -OCH3 is 1. The summed E-state index contributed by atoms with van der Waals surface area (Å²) in [6.45, 7) is 4.71. The molecule has 0 radical (unpaired) electrons. The van der Waals surface area contributed by atoms with Gasteiger partial charge >= 0.3 is 12.4 Å². The number of carbonyl (C=O) groups excluding carboxylic acids is 1. The number of urea groups is 1. The largest absolute Gasteiger partial charge is 0.573 e. The molecule has 9 nitrogen and oxygen atoms in total. The van der Waals surface area contributed by atoms with Crippen molar-refractivity contribution in [2.45, 2.75) is 45.0 Å². The average Bonchev–Trinajstić information content (AvgIpc) is 3.54. The fraction of sp³-hybridized carbons (Fsp3) is 0.312. The molecule has 248 valence electrons. The van der Waals surface area contributed by atoms with Crippen LogP contribution in [0.5, 0.6) is 11.5 Å². The normalized spacial score (nSPS) is 15.9. The molecule has 2 heterocycles. The van der Waals surface area contributed by atoms with Crippen LogP contribution in [0.1, 0.15) is 43.5 Å². The Morgan fingerprint density at radius 3 is 2.38 bits per heavy atom. The van der Waals surface area contributed by atoms with Gasteiger partial charge in [0.15, 0.2) is 17.2 Å². The van der Waals surface area contributed by atoms with Crippen molar-refractivity contribution < 1.29 is 36.2 Å². The number of nitrogens with one attached hydrogen (secondary N) is 1. The summed E-state index contributed by atoms with van der Waals surface area (Å²) in [6.07, 6.45) is -7.15. The first-order valence-electron chi connectivity index (χ1n) is 14.6. The van der Waals surface area contributed by atoms with Crippen molar-refractivity contribution in [3.05, 3.63) is 84.2 Å². The minimum atomic E-state index is -4.80. The lowest BCUT2D eigenvalue weighted by Gasteiger charge is -2.32. The molecule has 3 aromatic carbocycles. The lowest BCUT2D eigenvalue weighted by atomic mass is 10.00. The third kappa shape index (κ3) is 8.39. The zero-order valence-corrected chi connectivity index (χ0v) is 26.4. The predicted octanol–water partition coefficient (Wildman–Crippen LogP) is 7.98. The number of carbonyl (C=O) groups is 1. The van der Waals surface area contributed by atoms with E-state index in [9.17, 15) is 22.4 Å². The van der Waals surface area contributed by atoms with Crippen molar-refractivity contribution in [3.8, 4) is 28.6 Å². The van der Waals surface area contributed by atoms with Crippen LogP contribution in [-0.4, -0.2) is 58.0 Å². The van der Waals surface area contributed by atoms with Crippen LogP contribution in [-0.2, 0) is 0 Å². The summed E-state index contributed by atoms with van der Waals surface area (Å²) in [5.74, 6) is 1.42. The molecule has 1 saturated heterocycles. The first-order chi connectivity index (χ1) is 22.4. The van der Waals surface area contributed by atoms with Crippen molar-refractivity contribution in [2.24, 2.45) is 4.99 Å². The quantitative estimate of drug-likeness (QED) is 0.142. The number of amidine groups is 1. The van der Waals surface area contributed by atoms with Crippen LogP contribution in [0.4, 0.5) is 32.4 Å². The number of ether oxygens (including phenoxy) is 2. The number of thioether (sulfide) groups is 1.